The van der Waals surface area contributed by atoms with Gasteiger partial charge in [0.2, 0.25) is 0 Å². The van der Waals surface area contributed by atoms with Crippen LogP contribution >= 0.6 is 0 Å². The van der Waals surface area contributed by atoms with Crippen LogP contribution in [0, 0.1) is 19.7 Å². The number of hydrogen-bond acceptors (Lipinski definition) is 1. The van der Waals surface area contributed by atoms with Crippen molar-refractivity contribution in [2.24, 2.45) is 0 Å². The fourth-order valence-electron chi connectivity index (χ4n) is 3.04. The zero-order chi connectivity index (χ0) is 15.6. The zero-order valence-electron chi connectivity index (χ0n) is 13.5. The SMILES string of the molecule is CNC(c1cccc(C)c1C)C(C)(C)c1ccc(F)cc1. The highest BCUT2D eigenvalue weighted by molar-refractivity contribution is 5.39. The molecular weight excluding hydrogens is 261 g/mol. The first kappa shape index (κ1) is 15.7. The molecule has 0 amide bonds. The van der Waals surface area contributed by atoms with E-state index in [4.69, 9.17) is 0 Å². The molecule has 2 rings (SSSR count). The second-order valence-electron chi connectivity index (χ2n) is 6.24. The first-order valence-electron chi connectivity index (χ1n) is 7.37. The van der Waals surface area contributed by atoms with Gasteiger partial charge in [0.1, 0.15) is 5.82 Å². The van der Waals surface area contributed by atoms with Crippen molar-refractivity contribution in [1.82, 2.24) is 5.32 Å². The summed E-state index contributed by atoms with van der Waals surface area (Å²) in [4.78, 5) is 0. The molecule has 0 aromatic heterocycles. The highest BCUT2D eigenvalue weighted by atomic mass is 19.1. The number of halogens is 1. The van der Waals surface area contributed by atoms with E-state index in [2.05, 4.69) is 51.2 Å². The molecule has 0 fully saturated rings. The Kier molecular flexibility index (Phi) is 4.48. The maximum Gasteiger partial charge on any atom is 0.123 e. The highest BCUT2D eigenvalue weighted by Crippen LogP contribution is 2.38. The van der Waals surface area contributed by atoms with E-state index in [0.717, 1.165) is 5.56 Å². The average molecular weight is 285 g/mol. The number of nitrogens with one attached hydrogen (secondary N) is 1. The Morgan fingerprint density at radius 2 is 1.62 bits per heavy atom. The van der Waals surface area contributed by atoms with Crippen molar-refractivity contribution in [3.8, 4) is 0 Å². The minimum absolute atomic E-state index is 0.138. The third kappa shape index (κ3) is 3.01. The standard InChI is InChI=1S/C19H24FN/c1-13-7-6-8-17(14(13)2)18(21-5)19(3,4)15-9-11-16(20)12-10-15/h6-12,18,21H,1-5H3. The first-order valence-corrected chi connectivity index (χ1v) is 7.37. The molecule has 0 saturated heterocycles. The monoisotopic (exact) mass is 285 g/mol. The second-order valence-corrected chi connectivity index (χ2v) is 6.24. The van der Waals surface area contributed by atoms with Crippen LogP contribution in [0.5, 0.6) is 0 Å². The van der Waals surface area contributed by atoms with Crippen LogP contribution in [0.4, 0.5) is 4.39 Å². The Labute approximate surface area is 127 Å². The van der Waals surface area contributed by atoms with Crippen LogP contribution in [0.2, 0.25) is 0 Å². The molecule has 2 aromatic rings. The van der Waals surface area contributed by atoms with Crippen LogP contribution in [0.25, 0.3) is 0 Å². The molecular formula is C19H24FN. The first-order chi connectivity index (χ1) is 9.87. The molecule has 2 heteroatoms. The summed E-state index contributed by atoms with van der Waals surface area (Å²) in [5, 5.41) is 3.45. The van der Waals surface area contributed by atoms with E-state index in [1.165, 1.54) is 28.8 Å². The highest BCUT2D eigenvalue weighted by Gasteiger charge is 2.32. The molecule has 2 aromatic carbocycles. The Morgan fingerprint density at radius 3 is 2.19 bits per heavy atom. The predicted molar refractivity (Wildman–Crippen MR) is 87.1 cm³/mol. The summed E-state index contributed by atoms with van der Waals surface area (Å²) < 4.78 is 13.2. The van der Waals surface area contributed by atoms with E-state index < -0.39 is 0 Å². The van der Waals surface area contributed by atoms with Gasteiger partial charge >= 0.3 is 0 Å². The average Bonchev–Trinajstić information content (AvgIpc) is 2.44. The summed E-state index contributed by atoms with van der Waals surface area (Å²) in [5.41, 5.74) is 4.90. The summed E-state index contributed by atoms with van der Waals surface area (Å²) in [6.07, 6.45) is 0. The minimum atomic E-state index is -0.192. The van der Waals surface area contributed by atoms with Gasteiger partial charge in [0.05, 0.1) is 0 Å². The Bertz CT molecular complexity index is 614. The van der Waals surface area contributed by atoms with Crippen molar-refractivity contribution in [3.63, 3.8) is 0 Å². The third-order valence-electron chi connectivity index (χ3n) is 4.56. The summed E-state index contributed by atoms with van der Waals surface area (Å²) in [6, 6.07) is 13.4. The number of aryl methyl sites for hydroxylation is 1. The molecule has 1 unspecified atom stereocenters. The second kappa shape index (κ2) is 5.98. The van der Waals surface area contributed by atoms with Gasteiger partial charge in [-0.05, 0) is 55.3 Å². The van der Waals surface area contributed by atoms with Crippen LogP contribution in [-0.2, 0) is 5.41 Å². The van der Waals surface area contributed by atoms with E-state index in [0.29, 0.717) is 0 Å². The lowest BCUT2D eigenvalue weighted by atomic mass is 9.73. The third-order valence-corrected chi connectivity index (χ3v) is 4.56. The molecule has 0 bridgehead atoms. The van der Waals surface area contributed by atoms with Crippen LogP contribution < -0.4 is 5.32 Å². The number of benzene rings is 2. The van der Waals surface area contributed by atoms with Crippen LogP contribution in [-0.4, -0.2) is 7.05 Å². The quantitative estimate of drug-likeness (QED) is 0.860. The maximum absolute atomic E-state index is 13.2. The lowest BCUT2D eigenvalue weighted by Gasteiger charge is -2.36. The smallest absolute Gasteiger partial charge is 0.123 e. The molecule has 0 aliphatic carbocycles. The van der Waals surface area contributed by atoms with Gasteiger partial charge < -0.3 is 5.32 Å². The predicted octanol–water partition coefficient (Wildman–Crippen LogP) is 4.68. The Balaban J connectivity index is 2.48. The van der Waals surface area contributed by atoms with Crippen LogP contribution in [0.15, 0.2) is 42.5 Å². The van der Waals surface area contributed by atoms with E-state index in [9.17, 15) is 4.39 Å². The lowest BCUT2D eigenvalue weighted by molar-refractivity contribution is 0.367. The fourth-order valence-corrected chi connectivity index (χ4v) is 3.04. The molecule has 0 aliphatic rings. The molecule has 21 heavy (non-hydrogen) atoms. The van der Waals surface area contributed by atoms with E-state index in [1.807, 2.05) is 19.2 Å². The molecule has 0 spiro atoms. The van der Waals surface area contributed by atoms with Crippen LogP contribution in [0.3, 0.4) is 0 Å². The molecule has 1 N–H and O–H groups in total. The van der Waals surface area contributed by atoms with Crippen molar-refractivity contribution < 1.29 is 4.39 Å². The van der Waals surface area contributed by atoms with Crippen molar-refractivity contribution in [1.29, 1.82) is 0 Å². The van der Waals surface area contributed by atoms with Crippen molar-refractivity contribution >= 4 is 0 Å². The summed E-state index contributed by atoms with van der Waals surface area (Å²) in [7, 11) is 1.98. The van der Waals surface area contributed by atoms with Gasteiger partial charge in [-0.1, -0.05) is 44.2 Å². The largest absolute Gasteiger partial charge is 0.312 e. The van der Waals surface area contributed by atoms with Gasteiger partial charge in [0, 0.05) is 11.5 Å². The molecule has 0 radical (unpaired) electrons. The maximum atomic E-state index is 13.2. The molecule has 0 heterocycles. The van der Waals surface area contributed by atoms with Gasteiger partial charge in [-0.15, -0.1) is 0 Å². The van der Waals surface area contributed by atoms with Gasteiger partial charge in [0.25, 0.3) is 0 Å². The number of likely N-dealkylation sites (N-methyl/N-ethyl adjacent to an activating group) is 1. The minimum Gasteiger partial charge on any atom is -0.312 e. The van der Waals surface area contributed by atoms with Crippen LogP contribution in [0.1, 0.15) is 42.1 Å². The molecule has 0 aliphatic heterocycles. The normalized spacial score (nSPS) is 13.2. The molecule has 0 saturated carbocycles. The summed E-state index contributed by atoms with van der Waals surface area (Å²) >= 11 is 0. The van der Waals surface area contributed by atoms with Gasteiger partial charge in [-0.3, -0.25) is 0 Å². The fraction of sp³-hybridized carbons (Fsp3) is 0.368. The van der Waals surface area contributed by atoms with E-state index in [-0.39, 0.29) is 17.3 Å². The van der Waals surface area contributed by atoms with E-state index in [1.54, 1.807) is 0 Å². The molecule has 1 atom stereocenters. The zero-order valence-corrected chi connectivity index (χ0v) is 13.5. The van der Waals surface area contributed by atoms with Gasteiger partial charge in [-0.25, -0.2) is 4.39 Å². The molecule has 112 valence electrons. The number of rotatable bonds is 4. The Morgan fingerprint density at radius 1 is 1.00 bits per heavy atom. The van der Waals surface area contributed by atoms with Crippen molar-refractivity contribution in [3.05, 3.63) is 70.5 Å². The van der Waals surface area contributed by atoms with Gasteiger partial charge in [0.15, 0.2) is 0 Å². The lowest BCUT2D eigenvalue weighted by Crippen LogP contribution is -2.36. The van der Waals surface area contributed by atoms with Gasteiger partial charge in [-0.2, -0.15) is 0 Å². The van der Waals surface area contributed by atoms with Crippen molar-refractivity contribution in [2.75, 3.05) is 7.05 Å². The topological polar surface area (TPSA) is 12.0 Å². The van der Waals surface area contributed by atoms with Crippen molar-refractivity contribution in [2.45, 2.75) is 39.2 Å². The Hall–Kier alpha value is -1.67. The number of hydrogen-bond donors (Lipinski definition) is 1. The summed E-state index contributed by atoms with van der Waals surface area (Å²) in [5.74, 6) is -0.192. The molecule has 1 nitrogen and oxygen atoms in total. The van der Waals surface area contributed by atoms with E-state index >= 15 is 0 Å². The summed E-state index contributed by atoms with van der Waals surface area (Å²) in [6.45, 7) is 8.69.